The SMILES string of the molecule is Cc1cccc(-c2n[nH]nc2N)c1. The Bertz CT molecular complexity index is 419. The first kappa shape index (κ1) is 7.79. The Kier molecular flexibility index (Phi) is 1.73. The van der Waals surface area contributed by atoms with E-state index in [1.807, 2.05) is 31.2 Å². The predicted molar refractivity (Wildman–Crippen MR) is 51.0 cm³/mol. The Labute approximate surface area is 75.8 Å². The molecule has 4 nitrogen and oxygen atoms in total. The maximum absolute atomic E-state index is 5.62. The third-order valence-electron chi connectivity index (χ3n) is 1.87. The Balaban J connectivity index is 2.53. The average Bonchev–Trinajstić information content (AvgIpc) is 2.51. The van der Waals surface area contributed by atoms with Crippen LogP contribution in [0.2, 0.25) is 0 Å². The van der Waals surface area contributed by atoms with Gasteiger partial charge in [0.15, 0.2) is 5.82 Å². The molecule has 0 saturated heterocycles. The predicted octanol–water partition coefficient (Wildman–Crippen LogP) is 1.36. The molecule has 1 aromatic heterocycles. The average molecular weight is 174 g/mol. The van der Waals surface area contributed by atoms with Crippen LogP contribution in [0.1, 0.15) is 5.56 Å². The van der Waals surface area contributed by atoms with Gasteiger partial charge in [-0.1, -0.05) is 23.8 Å². The zero-order valence-corrected chi connectivity index (χ0v) is 7.28. The lowest BCUT2D eigenvalue weighted by Gasteiger charge is -1.97. The third-order valence-corrected chi connectivity index (χ3v) is 1.87. The van der Waals surface area contributed by atoms with Gasteiger partial charge in [0.2, 0.25) is 0 Å². The van der Waals surface area contributed by atoms with E-state index >= 15 is 0 Å². The summed E-state index contributed by atoms with van der Waals surface area (Å²) in [4.78, 5) is 0. The number of rotatable bonds is 1. The number of aromatic amines is 1. The van der Waals surface area contributed by atoms with Crippen molar-refractivity contribution in [3.05, 3.63) is 29.8 Å². The van der Waals surface area contributed by atoms with E-state index in [0.717, 1.165) is 5.56 Å². The van der Waals surface area contributed by atoms with E-state index < -0.39 is 0 Å². The summed E-state index contributed by atoms with van der Waals surface area (Å²) >= 11 is 0. The van der Waals surface area contributed by atoms with Gasteiger partial charge in [0.1, 0.15) is 5.69 Å². The van der Waals surface area contributed by atoms with Crippen LogP contribution in [0.5, 0.6) is 0 Å². The molecule has 0 atom stereocenters. The summed E-state index contributed by atoms with van der Waals surface area (Å²) < 4.78 is 0. The number of aryl methyl sites for hydroxylation is 1. The molecule has 2 rings (SSSR count). The van der Waals surface area contributed by atoms with Gasteiger partial charge >= 0.3 is 0 Å². The van der Waals surface area contributed by atoms with Crippen LogP contribution in [0.4, 0.5) is 5.82 Å². The summed E-state index contributed by atoms with van der Waals surface area (Å²) in [5.41, 5.74) is 8.50. The molecule has 0 aliphatic carbocycles. The molecule has 1 heterocycles. The van der Waals surface area contributed by atoms with E-state index in [9.17, 15) is 0 Å². The van der Waals surface area contributed by atoms with E-state index in [0.29, 0.717) is 11.5 Å². The molecule has 0 unspecified atom stereocenters. The Morgan fingerprint density at radius 1 is 1.31 bits per heavy atom. The van der Waals surface area contributed by atoms with E-state index in [1.165, 1.54) is 5.56 Å². The van der Waals surface area contributed by atoms with Gasteiger partial charge in [0.25, 0.3) is 0 Å². The highest BCUT2D eigenvalue weighted by Crippen LogP contribution is 2.21. The highest BCUT2D eigenvalue weighted by molar-refractivity contribution is 5.69. The smallest absolute Gasteiger partial charge is 0.173 e. The number of hydrogen-bond donors (Lipinski definition) is 2. The number of nitrogen functional groups attached to an aromatic ring is 1. The molecule has 13 heavy (non-hydrogen) atoms. The molecule has 0 saturated carbocycles. The second-order valence-corrected chi connectivity index (χ2v) is 2.93. The summed E-state index contributed by atoms with van der Waals surface area (Å²) in [6.45, 7) is 2.03. The molecule has 2 aromatic rings. The first-order chi connectivity index (χ1) is 6.27. The summed E-state index contributed by atoms with van der Waals surface area (Å²) in [6, 6.07) is 7.98. The number of nitrogens with one attached hydrogen (secondary N) is 1. The fraction of sp³-hybridized carbons (Fsp3) is 0.111. The first-order valence-electron chi connectivity index (χ1n) is 4.00. The van der Waals surface area contributed by atoms with Crippen molar-refractivity contribution in [2.24, 2.45) is 0 Å². The molecule has 0 fully saturated rings. The largest absolute Gasteiger partial charge is 0.380 e. The number of benzene rings is 1. The molecular formula is C9H10N4. The number of nitrogens with zero attached hydrogens (tertiary/aromatic N) is 2. The Morgan fingerprint density at radius 3 is 2.77 bits per heavy atom. The molecule has 4 heteroatoms. The quantitative estimate of drug-likeness (QED) is 0.686. The Hall–Kier alpha value is -1.84. The molecule has 0 bridgehead atoms. The summed E-state index contributed by atoms with van der Waals surface area (Å²) in [6.07, 6.45) is 0. The standard InChI is InChI=1S/C9H10N4/c1-6-3-2-4-7(5-6)8-9(10)12-13-11-8/h2-5H,1H3,(H3,10,11,12,13). The van der Waals surface area contributed by atoms with E-state index in [1.54, 1.807) is 0 Å². The molecule has 0 spiro atoms. The lowest BCUT2D eigenvalue weighted by molar-refractivity contribution is 0.945. The molecule has 0 amide bonds. The van der Waals surface area contributed by atoms with Crippen LogP contribution in [0.3, 0.4) is 0 Å². The van der Waals surface area contributed by atoms with Gasteiger partial charge in [-0.05, 0) is 13.0 Å². The Morgan fingerprint density at radius 2 is 2.15 bits per heavy atom. The minimum absolute atomic E-state index is 0.436. The molecule has 0 aliphatic heterocycles. The van der Waals surface area contributed by atoms with Crippen LogP contribution in [0.15, 0.2) is 24.3 Å². The monoisotopic (exact) mass is 174 g/mol. The lowest BCUT2D eigenvalue weighted by atomic mass is 10.1. The lowest BCUT2D eigenvalue weighted by Crippen LogP contribution is -1.88. The maximum atomic E-state index is 5.62. The number of H-pyrrole nitrogens is 1. The molecular weight excluding hydrogens is 164 g/mol. The van der Waals surface area contributed by atoms with Gasteiger partial charge in [0, 0.05) is 5.56 Å². The van der Waals surface area contributed by atoms with Gasteiger partial charge in [0.05, 0.1) is 0 Å². The van der Waals surface area contributed by atoms with Crippen molar-refractivity contribution in [2.45, 2.75) is 6.92 Å². The minimum Gasteiger partial charge on any atom is -0.380 e. The van der Waals surface area contributed by atoms with Gasteiger partial charge in [-0.25, -0.2) is 0 Å². The molecule has 0 radical (unpaired) electrons. The van der Waals surface area contributed by atoms with Crippen LogP contribution in [0, 0.1) is 6.92 Å². The van der Waals surface area contributed by atoms with Crippen LogP contribution in [-0.4, -0.2) is 15.4 Å². The zero-order valence-electron chi connectivity index (χ0n) is 7.28. The molecule has 3 N–H and O–H groups in total. The van der Waals surface area contributed by atoms with E-state index in [-0.39, 0.29) is 0 Å². The van der Waals surface area contributed by atoms with Gasteiger partial charge in [-0.15, -0.1) is 5.10 Å². The first-order valence-corrected chi connectivity index (χ1v) is 4.00. The highest BCUT2D eigenvalue weighted by Gasteiger charge is 2.05. The van der Waals surface area contributed by atoms with Gasteiger partial charge in [-0.3, -0.25) is 0 Å². The molecule has 66 valence electrons. The van der Waals surface area contributed by atoms with E-state index in [4.69, 9.17) is 5.73 Å². The van der Waals surface area contributed by atoms with Crippen LogP contribution in [-0.2, 0) is 0 Å². The van der Waals surface area contributed by atoms with Crippen molar-refractivity contribution < 1.29 is 0 Å². The van der Waals surface area contributed by atoms with Crippen LogP contribution < -0.4 is 5.73 Å². The van der Waals surface area contributed by atoms with E-state index in [2.05, 4.69) is 15.4 Å². The van der Waals surface area contributed by atoms with Crippen LogP contribution in [0.25, 0.3) is 11.3 Å². The van der Waals surface area contributed by atoms with Crippen molar-refractivity contribution in [3.8, 4) is 11.3 Å². The van der Waals surface area contributed by atoms with Gasteiger partial charge in [-0.2, -0.15) is 10.3 Å². The van der Waals surface area contributed by atoms with Crippen molar-refractivity contribution in [1.82, 2.24) is 15.4 Å². The fourth-order valence-corrected chi connectivity index (χ4v) is 1.24. The van der Waals surface area contributed by atoms with Crippen molar-refractivity contribution in [3.63, 3.8) is 0 Å². The number of aromatic nitrogens is 3. The minimum atomic E-state index is 0.436. The maximum Gasteiger partial charge on any atom is 0.173 e. The fourth-order valence-electron chi connectivity index (χ4n) is 1.24. The number of hydrogen-bond acceptors (Lipinski definition) is 3. The summed E-state index contributed by atoms with van der Waals surface area (Å²) in [7, 11) is 0. The molecule has 0 aliphatic rings. The topological polar surface area (TPSA) is 67.6 Å². The number of nitrogens with two attached hydrogens (primary N) is 1. The van der Waals surface area contributed by atoms with Crippen molar-refractivity contribution in [1.29, 1.82) is 0 Å². The summed E-state index contributed by atoms with van der Waals surface area (Å²) in [5, 5.41) is 10.2. The summed E-state index contributed by atoms with van der Waals surface area (Å²) in [5.74, 6) is 0.436. The second-order valence-electron chi connectivity index (χ2n) is 2.93. The normalized spacial score (nSPS) is 10.2. The van der Waals surface area contributed by atoms with Crippen LogP contribution >= 0.6 is 0 Å². The highest BCUT2D eigenvalue weighted by atomic mass is 15.3. The van der Waals surface area contributed by atoms with Crippen molar-refractivity contribution >= 4 is 5.82 Å². The number of anilines is 1. The van der Waals surface area contributed by atoms with Crippen molar-refractivity contribution in [2.75, 3.05) is 5.73 Å². The third kappa shape index (κ3) is 1.38. The second kappa shape index (κ2) is 2.90. The zero-order chi connectivity index (χ0) is 9.26. The van der Waals surface area contributed by atoms with Gasteiger partial charge < -0.3 is 5.73 Å². The molecule has 1 aromatic carbocycles.